The summed E-state index contributed by atoms with van der Waals surface area (Å²) in [4.78, 5) is 13.7. The first kappa shape index (κ1) is 12.8. The SMILES string of the molecule is O=C(C[n+]1csc2c1CCCC2)c1ccc(Cl)cc1. The Morgan fingerprint density at radius 2 is 1.95 bits per heavy atom. The van der Waals surface area contributed by atoms with Gasteiger partial charge in [0.05, 0.1) is 4.88 Å². The smallest absolute Gasteiger partial charge is 0.227 e. The molecule has 0 saturated carbocycles. The van der Waals surface area contributed by atoms with E-state index in [4.69, 9.17) is 11.6 Å². The Morgan fingerprint density at radius 3 is 2.74 bits per heavy atom. The Bertz CT molecular complexity index is 603. The van der Waals surface area contributed by atoms with Crippen LogP contribution >= 0.6 is 22.9 Å². The first-order valence-corrected chi connectivity index (χ1v) is 7.77. The molecule has 1 aromatic heterocycles. The standard InChI is InChI=1S/C15H15ClNOS/c16-12-7-5-11(6-8-12)14(18)9-17-10-19-15-4-2-1-3-13(15)17/h5-8,10H,1-4,9H2/q+1. The summed E-state index contributed by atoms with van der Waals surface area (Å²) in [6, 6.07) is 7.12. The third-order valence-corrected chi connectivity index (χ3v) is 4.87. The number of aromatic nitrogens is 1. The van der Waals surface area contributed by atoms with Gasteiger partial charge in [-0.15, -0.1) is 0 Å². The number of carbonyl (C=O) groups excluding carboxylic acids is 1. The fraction of sp³-hybridized carbons (Fsp3) is 0.333. The molecule has 4 heteroatoms. The molecule has 1 aromatic carbocycles. The van der Waals surface area contributed by atoms with Gasteiger partial charge in [0.1, 0.15) is 0 Å². The van der Waals surface area contributed by atoms with E-state index in [-0.39, 0.29) is 5.78 Å². The fourth-order valence-corrected chi connectivity index (χ4v) is 3.70. The summed E-state index contributed by atoms with van der Waals surface area (Å²) < 4.78 is 2.12. The Hall–Kier alpha value is -1.19. The van der Waals surface area contributed by atoms with E-state index >= 15 is 0 Å². The lowest BCUT2D eigenvalue weighted by Crippen LogP contribution is -2.40. The van der Waals surface area contributed by atoms with Crippen LogP contribution in [-0.4, -0.2) is 5.78 Å². The van der Waals surface area contributed by atoms with Crippen LogP contribution in [0.15, 0.2) is 29.8 Å². The number of thiazole rings is 1. The second kappa shape index (κ2) is 5.43. The Labute approximate surface area is 121 Å². The van der Waals surface area contributed by atoms with E-state index < -0.39 is 0 Å². The van der Waals surface area contributed by atoms with Crippen LogP contribution in [0.2, 0.25) is 5.02 Å². The minimum atomic E-state index is 0.146. The second-order valence-electron chi connectivity index (χ2n) is 4.86. The quantitative estimate of drug-likeness (QED) is 0.627. The van der Waals surface area contributed by atoms with Crippen LogP contribution in [0.5, 0.6) is 0 Å². The Morgan fingerprint density at radius 1 is 1.21 bits per heavy atom. The zero-order valence-electron chi connectivity index (χ0n) is 10.6. The summed E-state index contributed by atoms with van der Waals surface area (Å²) in [5, 5.41) is 0.664. The number of benzene rings is 1. The summed E-state index contributed by atoms with van der Waals surface area (Å²) in [5.74, 6) is 0.146. The molecule has 1 aliphatic rings. The molecule has 0 bridgehead atoms. The lowest BCUT2D eigenvalue weighted by Gasteiger charge is -2.07. The van der Waals surface area contributed by atoms with E-state index in [1.54, 1.807) is 35.6 Å². The van der Waals surface area contributed by atoms with Gasteiger partial charge in [-0.3, -0.25) is 4.79 Å². The molecule has 0 N–H and O–H groups in total. The predicted octanol–water partition coefficient (Wildman–Crippen LogP) is 3.45. The van der Waals surface area contributed by atoms with Gasteiger partial charge in [-0.05, 0) is 43.5 Å². The normalized spacial score (nSPS) is 14.2. The summed E-state index contributed by atoms with van der Waals surface area (Å²) in [6.07, 6.45) is 4.78. The first-order chi connectivity index (χ1) is 9.24. The summed E-state index contributed by atoms with van der Waals surface area (Å²) in [5.41, 5.74) is 4.18. The largest absolute Gasteiger partial charge is 0.287 e. The zero-order chi connectivity index (χ0) is 13.2. The molecule has 1 aliphatic carbocycles. The molecule has 0 radical (unpaired) electrons. The van der Waals surface area contributed by atoms with Crippen LogP contribution < -0.4 is 4.57 Å². The van der Waals surface area contributed by atoms with Gasteiger partial charge in [0.2, 0.25) is 17.8 Å². The van der Waals surface area contributed by atoms with E-state index in [1.807, 2.05) is 0 Å². The highest BCUT2D eigenvalue weighted by molar-refractivity contribution is 7.09. The minimum Gasteiger partial charge on any atom is -0.287 e. The molecule has 2 aromatic rings. The average Bonchev–Trinajstić information content (AvgIpc) is 2.83. The first-order valence-electron chi connectivity index (χ1n) is 6.51. The van der Waals surface area contributed by atoms with Crippen LogP contribution in [0.1, 0.15) is 33.8 Å². The van der Waals surface area contributed by atoms with Crippen LogP contribution in [-0.2, 0) is 19.4 Å². The number of ketones is 1. The fourth-order valence-electron chi connectivity index (χ4n) is 2.50. The molecule has 2 nitrogen and oxygen atoms in total. The second-order valence-corrected chi connectivity index (χ2v) is 6.23. The molecular weight excluding hydrogens is 278 g/mol. The van der Waals surface area contributed by atoms with Gasteiger partial charge in [-0.1, -0.05) is 22.9 Å². The molecule has 0 atom stereocenters. The number of Topliss-reactive ketones (excluding diaryl/α,β-unsaturated/α-hetero) is 1. The van der Waals surface area contributed by atoms with Crippen molar-refractivity contribution in [3.05, 3.63) is 50.9 Å². The molecule has 0 unspecified atom stereocenters. The van der Waals surface area contributed by atoms with Crippen molar-refractivity contribution in [1.29, 1.82) is 0 Å². The monoisotopic (exact) mass is 292 g/mol. The highest BCUT2D eigenvalue weighted by Gasteiger charge is 2.24. The maximum absolute atomic E-state index is 12.2. The number of hydrogen-bond acceptors (Lipinski definition) is 2. The number of hydrogen-bond donors (Lipinski definition) is 0. The van der Waals surface area contributed by atoms with Gasteiger partial charge in [-0.2, -0.15) is 4.57 Å². The van der Waals surface area contributed by atoms with E-state index in [0.717, 1.165) is 12.0 Å². The molecule has 19 heavy (non-hydrogen) atoms. The third-order valence-electron chi connectivity index (χ3n) is 3.54. The number of fused-ring (bicyclic) bond motifs is 1. The molecule has 0 amide bonds. The summed E-state index contributed by atoms with van der Waals surface area (Å²) in [6.45, 7) is 0.438. The van der Waals surface area contributed by atoms with Crippen molar-refractivity contribution in [2.75, 3.05) is 0 Å². The van der Waals surface area contributed by atoms with E-state index in [2.05, 4.69) is 10.1 Å². The van der Waals surface area contributed by atoms with E-state index in [1.165, 1.54) is 29.8 Å². The molecule has 0 spiro atoms. The minimum absolute atomic E-state index is 0.146. The maximum atomic E-state index is 12.2. The van der Waals surface area contributed by atoms with Gasteiger partial charge in [0, 0.05) is 17.0 Å². The number of halogens is 1. The van der Waals surface area contributed by atoms with Gasteiger partial charge in [0.15, 0.2) is 5.69 Å². The lowest BCUT2D eigenvalue weighted by molar-refractivity contribution is -0.686. The number of aryl methyl sites for hydroxylation is 1. The molecule has 1 heterocycles. The Balaban J connectivity index is 1.79. The van der Waals surface area contributed by atoms with Crippen molar-refractivity contribution < 1.29 is 9.36 Å². The van der Waals surface area contributed by atoms with Crippen LogP contribution in [0, 0.1) is 0 Å². The van der Waals surface area contributed by atoms with Crippen molar-refractivity contribution in [2.45, 2.75) is 32.2 Å². The average molecular weight is 293 g/mol. The van der Waals surface area contributed by atoms with Gasteiger partial charge in [0.25, 0.3) is 0 Å². The van der Waals surface area contributed by atoms with Gasteiger partial charge in [-0.25, -0.2) is 0 Å². The summed E-state index contributed by atoms with van der Waals surface area (Å²) >= 11 is 7.62. The molecule has 3 rings (SSSR count). The van der Waals surface area contributed by atoms with Crippen molar-refractivity contribution in [1.82, 2.24) is 0 Å². The van der Waals surface area contributed by atoms with Crippen molar-refractivity contribution in [3.8, 4) is 0 Å². The lowest BCUT2D eigenvalue weighted by atomic mass is 10.0. The maximum Gasteiger partial charge on any atom is 0.227 e. The van der Waals surface area contributed by atoms with Crippen molar-refractivity contribution in [3.63, 3.8) is 0 Å². The molecule has 0 fully saturated rings. The zero-order valence-corrected chi connectivity index (χ0v) is 12.1. The van der Waals surface area contributed by atoms with E-state index in [9.17, 15) is 4.79 Å². The molecule has 0 saturated heterocycles. The predicted molar refractivity (Wildman–Crippen MR) is 76.9 cm³/mol. The van der Waals surface area contributed by atoms with Crippen molar-refractivity contribution >= 4 is 28.7 Å². The molecular formula is C15H15ClNOS+. The third kappa shape index (κ3) is 2.72. The molecule has 98 valence electrons. The van der Waals surface area contributed by atoms with Crippen LogP contribution in [0.25, 0.3) is 0 Å². The number of nitrogens with zero attached hydrogens (tertiary/aromatic N) is 1. The molecule has 0 aliphatic heterocycles. The Kier molecular flexibility index (Phi) is 3.67. The number of carbonyl (C=O) groups is 1. The van der Waals surface area contributed by atoms with Gasteiger partial charge >= 0.3 is 0 Å². The highest BCUT2D eigenvalue weighted by Crippen LogP contribution is 2.22. The van der Waals surface area contributed by atoms with Crippen molar-refractivity contribution in [2.24, 2.45) is 0 Å². The number of rotatable bonds is 3. The van der Waals surface area contributed by atoms with Crippen LogP contribution in [0.3, 0.4) is 0 Å². The van der Waals surface area contributed by atoms with Crippen LogP contribution in [0.4, 0.5) is 0 Å². The highest BCUT2D eigenvalue weighted by atomic mass is 35.5. The van der Waals surface area contributed by atoms with Gasteiger partial charge < -0.3 is 0 Å². The summed E-state index contributed by atoms with van der Waals surface area (Å²) in [7, 11) is 0. The van der Waals surface area contributed by atoms with E-state index in [0.29, 0.717) is 11.6 Å². The topological polar surface area (TPSA) is 20.9 Å².